The van der Waals surface area contributed by atoms with Crippen LogP contribution in [0.15, 0.2) is 34.9 Å². The lowest BCUT2D eigenvalue weighted by atomic mass is 10.2. The highest BCUT2D eigenvalue weighted by Gasteiger charge is 2.08. The number of aromatic nitrogens is 1. The van der Waals surface area contributed by atoms with Gasteiger partial charge in [0.25, 0.3) is 0 Å². The quantitative estimate of drug-likeness (QED) is 0.925. The van der Waals surface area contributed by atoms with Crippen LogP contribution in [-0.2, 0) is 6.54 Å². The maximum atomic E-state index is 5.96. The van der Waals surface area contributed by atoms with Crippen LogP contribution in [0.3, 0.4) is 0 Å². The molecule has 0 fully saturated rings. The second-order valence-electron chi connectivity index (χ2n) is 3.83. The Morgan fingerprint density at radius 2 is 2.17 bits per heavy atom. The van der Waals surface area contributed by atoms with E-state index in [4.69, 9.17) is 22.1 Å². The monoisotopic (exact) mass is 326 g/mol. The highest BCUT2D eigenvalue weighted by Crippen LogP contribution is 2.29. The third kappa shape index (κ3) is 3.02. The highest BCUT2D eigenvalue weighted by atomic mass is 79.9. The van der Waals surface area contributed by atoms with Crippen LogP contribution in [0.5, 0.6) is 11.6 Å². The summed E-state index contributed by atoms with van der Waals surface area (Å²) in [5, 5.41) is 0.608. The lowest BCUT2D eigenvalue weighted by molar-refractivity contribution is 0.453. The Balaban J connectivity index is 2.36. The number of nitrogens with two attached hydrogens (primary N) is 1. The molecule has 1 aromatic heterocycles. The molecule has 0 spiro atoms. The first-order chi connectivity index (χ1) is 8.60. The van der Waals surface area contributed by atoms with E-state index in [-0.39, 0.29) is 0 Å². The van der Waals surface area contributed by atoms with Crippen molar-refractivity contribution in [3.8, 4) is 11.6 Å². The topological polar surface area (TPSA) is 48.1 Å². The van der Waals surface area contributed by atoms with Gasteiger partial charge in [-0.05, 0) is 41.1 Å². The molecule has 0 aliphatic carbocycles. The Kier molecular flexibility index (Phi) is 4.22. The summed E-state index contributed by atoms with van der Waals surface area (Å²) >= 11 is 9.32. The van der Waals surface area contributed by atoms with Crippen molar-refractivity contribution < 1.29 is 4.74 Å². The molecular weight excluding hydrogens is 316 g/mol. The Morgan fingerprint density at radius 3 is 2.83 bits per heavy atom. The molecule has 0 amide bonds. The van der Waals surface area contributed by atoms with Gasteiger partial charge in [-0.25, -0.2) is 4.98 Å². The van der Waals surface area contributed by atoms with Crippen LogP contribution < -0.4 is 10.5 Å². The molecule has 2 N–H and O–H groups in total. The van der Waals surface area contributed by atoms with Crippen LogP contribution in [0.25, 0.3) is 0 Å². The SMILES string of the molecule is Cc1cc(Br)cnc1Oc1cc(Cl)ccc1CN. The fraction of sp³-hybridized carbons (Fsp3) is 0.154. The van der Waals surface area contributed by atoms with Crippen LogP contribution in [-0.4, -0.2) is 4.98 Å². The summed E-state index contributed by atoms with van der Waals surface area (Å²) in [5.41, 5.74) is 7.50. The van der Waals surface area contributed by atoms with Gasteiger partial charge < -0.3 is 10.5 Å². The zero-order valence-electron chi connectivity index (χ0n) is 9.78. The third-order valence-electron chi connectivity index (χ3n) is 2.45. The molecule has 0 radical (unpaired) electrons. The van der Waals surface area contributed by atoms with E-state index >= 15 is 0 Å². The van der Waals surface area contributed by atoms with Crippen molar-refractivity contribution in [1.29, 1.82) is 0 Å². The minimum atomic E-state index is 0.391. The van der Waals surface area contributed by atoms with E-state index in [1.807, 2.05) is 19.1 Å². The van der Waals surface area contributed by atoms with Gasteiger partial charge in [0, 0.05) is 33.4 Å². The molecule has 0 aliphatic rings. The van der Waals surface area contributed by atoms with Crippen LogP contribution >= 0.6 is 27.5 Å². The normalized spacial score (nSPS) is 10.4. The standard InChI is InChI=1S/C13H12BrClN2O/c1-8-4-10(14)7-17-13(8)18-12-5-11(15)3-2-9(12)6-16/h2-5,7H,6,16H2,1H3. The molecule has 1 aromatic carbocycles. The number of nitrogens with zero attached hydrogens (tertiary/aromatic N) is 1. The summed E-state index contributed by atoms with van der Waals surface area (Å²) < 4.78 is 6.68. The smallest absolute Gasteiger partial charge is 0.222 e. The average molecular weight is 328 g/mol. The first-order valence-electron chi connectivity index (χ1n) is 5.38. The van der Waals surface area contributed by atoms with Gasteiger partial charge in [0.1, 0.15) is 5.75 Å². The molecule has 2 aromatic rings. The Bertz CT molecular complexity index is 575. The first-order valence-corrected chi connectivity index (χ1v) is 6.55. The molecule has 5 heteroatoms. The largest absolute Gasteiger partial charge is 0.438 e. The zero-order chi connectivity index (χ0) is 13.1. The molecule has 2 rings (SSSR count). The predicted molar refractivity (Wildman–Crippen MR) is 76.1 cm³/mol. The van der Waals surface area contributed by atoms with Crippen molar-refractivity contribution in [2.24, 2.45) is 5.73 Å². The van der Waals surface area contributed by atoms with Crippen molar-refractivity contribution in [2.75, 3.05) is 0 Å². The number of halogens is 2. The number of benzene rings is 1. The van der Waals surface area contributed by atoms with E-state index in [0.717, 1.165) is 15.6 Å². The van der Waals surface area contributed by atoms with E-state index in [1.54, 1.807) is 18.3 Å². The molecule has 0 saturated carbocycles. The maximum absolute atomic E-state index is 5.96. The molecule has 0 saturated heterocycles. The number of pyridine rings is 1. The molecule has 18 heavy (non-hydrogen) atoms. The summed E-state index contributed by atoms with van der Waals surface area (Å²) in [6.07, 6.45) is 1.69. The van der Waals surface area contributed by atoms with Crippen molar-refractivity contribution >= 4 is 27.5 Å². The van der Waals surface area contributed by atoms with Gasteiger partial charge in [-0.15, -0.1) is 0 Å². The Hall–Kier alpha value is -1.10. The molecule has 0 bridgehead atoms. The zero-order valence-corrected chi connectivity index (χ0v) is 12.1. The van der Waals surface area contributed by atoms with E-state index in [1.165, 1.54) is 0 Å². The summed E-state index contributed by atoms with van der Waals surface area (Å²) in [6.45, 7) is 2.32. The lowest BCUT2D eigenvalue weighted by Gasteiger charge is -2.11. The van der Waals surface area contributed by atoms with Crippen molar-refractivity contribution in [1.82, 2.24) is 4.98 Å². The number of hydrogen-bond donors (Lipinski definition) is 1. The summed E-state index contributed by atoms with van der Waals surface area (Å²) in [7, 11) is 0. The summed E-state index contributed by atoms with van der Waals surface area (Å²) in [5.74, 6) is 1.19. The van der Waals surface area contributed by atoms with E-state index in [2.05, 4.69) is 20.9 Å². The second kappa shape index (κ2) is 5.69. The van der Waals surface area contributed by atoms with Crippen LogP contribution in [0, 0.1) is 6.92 Å². The molecule has 3 nitrogen and oxygen atoms in total. The predicted octanol–water partition coefficient (Wildman–Crippen LogP) is 4.06. The van der Waals surface area contributed by atoms with Crippen molar-refractivity contribution in [3.63, 3.8) is 0 Å². The second-order valence-corrected chi connectivity index (χ2v) is 5.19. The Morgan fingerprint density at radius 1 is 1.39 bits per heavy atom. The lowest BCUT2D eigenvalue weighted by Crippen LogP contribution is -2.00. The van der Waals surface area contributed by atoms with Crippen LogP contribution in [0.4, 0.5) is 0 Å². The number of ether oxygens (including phenoxy) is 1. The van der Waals surface area contributed by atoms with Gasteiger partial charge in [-0.2, -0.15) is 0 Å². The molecule has 0 atom stereocenters. The van der Waals surface area contributed by atoms with Crippen molar-refractivity contribution in [3.05, 3.63) is 51.1 Å². The Labute approximate surface area is 119 Å². The highest BCUT2D eigenvalue weighted by molar-refractivity contribution is 9.10. The first kappa shape index (κ1) is 13.3. The maximum Gasteiger partial charge on any atom is 0.222 e. The molecule has 0 unspecified atom stereocenters. The molecular formula is C13H12BrClN2O. The molecule has 1 heterocycles. The van der Waals surface area contributed by atoms with Crippen LogP contribution in [0.2, 0.25) is 5.02 Å². The van der Waals surface area contributed by atoms with Gasteiger partial charge in [-0.3, -0.25) is 0 Å². The van der Waals surface area contributed by atoms with E-state index in [0.29, 0.717) is 23.2 Å². The van der Waals surface area contributed by atoms with E-state index in [9.17, 15) is 0 Å². The third-order valence-corrected chi connectivity index (χ3v) is 3.12. The summed E-state index contributed by atoms with van der Waals surface area (Å²) in [6, 6.07) is 7.33. The van der Waals surface area contributed by atoms with Gasteiger partial charge in [0.2, 0.25) is 5.88 Å². The average Bonchev–Trinajstić information content (AvgIpc) is 2.33. The number of rotatable bonds is 3. The fourth-order valence-electron chi connectivity index (χ4n) is 1.53. The van der Waals surface area contributed by atoms with Gasteiger partial charge in [-0.1, -0.05) is 17.7 Å². The van der Waals surface area contributed by atoms with Crippen LogP contribution in [0.1, 0.15) is 11.1 Å². The number of aryl methyl sites for hydroxylation is 1. The van der Waals surface area contributed by atoms with Crippen molar-refractivity contribution in [2.45, 2.75) is 13.5 Å². The summed E-state index contributed by atoms with van der Waals surface area (Å²) in [4.78, 5) is 4.23. The fourth-order valence-corrected chi connectivity index (χ4v) is 2.14. The number of hydrogen-bond acceptors (Lipinski definition) is 3. The van der Waals surface area contributed by atoms with Gasteiger partial charge in [0.15, 0.2) is 0 Å². The van der Waals surface area contributed by atoms with Gasteiger partial charge >= 0.3 is 0 Å². The van der Waals surface area contributed by atoms with Gasteiger partial charge in [0.05, 0.1) is 0 Å². The minimum Gasteiger partial charge on any atom is -0.438 e. The van der Waals surface area contributed by atoms with E-state index < -0.39 is 0 Å². The molecule has 0 aliphatic heterocycles. The molecule has 94 valence electrons. The minimum absolute atomic E-state index is 0.391.